The molecule has 6 heteroatoms. The number of hydrogen-bond acceptors (Lipinski definition) is 4. The lowest BCUT2D eigenvalue weighted by atomic mass is 10.1. The summed E-state index contributed by atoms with van der Waals surface area (Å²) in [6, 6.07) is 14.4. The van der Waals surface area contributed by atoms with E-state index in [0.717, 1.165) is 16.8 Å². The molecule has 0 aliphatic heterocycles. The van der Waals surface area contributed by atoms with Gasteiger partial charge in [-0.2, -0.15) is 5.10 Å². The molecule has 0 radical (unpaired) electrons. The maximum Gasteiger partial charge on any atom is 0.338 e. The zero-order chi connectivity index (χ0) is 19.4. The van der Waals surface area contributed by atoms with E-state index in [1.54, 1.807) is 42.1 Å². The summed E-state index contributed by atoms with van der Waals surface area (Å²) in [5, 5.41) is 6.93. The van der Waals surface area contributed by atoms with Crippen molar-refractivity contribution in [2.24, 2.45) is 0 Å². The Balaban J connectivity index is 1.62. The monoisotopic (exact) mass is 363 g/mol. The minimum absolute atomic E-state index is 0.372. The number of esters is 1. The summed E-state index contributed by atoms with van der Waals surface area (Å²) in [7, 11) is 0. The molecule has 2 aromatic carbocycles. The van der Waals surface area contributed by atoms with Crippen molar-refractivity contribution in [3.63, 3.8) is 0 Å². The number of benzene rings is 2. The molecule has 0 fully saturated rings. The van der Waals surface area contributed by atoms with Crippen LogP contribution in [-0.2, 0) is 9.53 Å². The number of nitrogens with one attached hydrogen (secondary N) is 1. The highest BCUT2D eigenvalue weighted by Crippen LogP contribution is 2.17. The maximum atomic E-state index is 12.3. The smallest absolute Gasteiger partial charge is 0.338 e. The summed E-state index contributed by atoms with van der Waals surface area (Å²) < 4.78 is 6.98. The molecule has 1 aromatic heterocycles. The van der Waals surface area contributed by atoms with E-state index in [2.05, 4.69) is 10.4 Å². The van der Waals surface area contributed by atoms with E-state index >= 15 is 0 Å². The predicted molar refractivity (Wildman–Crippen MR) is 103 cm³/mol. The lowest BCUT2D eigenvalue weighted by molar-refractivity contribution is -0.123. The van der Waals surface area contributed by atoms with Gasteiger partial charge in [0.25, 0.3) is 5.91 Å². The lowest BCUT2D eigenvalue weighted by Gasteiger charge is -2.15. The van der Waals surface area contributed by atoms with E-state index in [4.69, 9.17) is 4.74 Å². The first-order valence-corrected chi connectivity index (χ1v) is 8.63. The minimum atomic E-state index is -0.913. The van der Waals surface area contributed by atoms with Gasteiger partial charge >= 0.3 is 5.97 Å². The summed E-state index contributed by atoms with van der Waals surface area (Å²) >= 11 is 0. The zero-order valence-electron chi connectivity index (χ0n) is 15.5. The molecule has 0 aliphatic rings. The standard InChI is InChI=1S/C21H21N3O3/c1-14-5-10-19(15(2)13-14)23-20(25)16(3)27-21(26)17-6-8-18(9-7-17)24-12-4-11-22-24/h4-13,16H,1-3H3,(H,23,25)/t16-/m0/s1. The summed E-state index contributed by atoms with van der Waals surface area (Å²) in [5.74, 6) is -0.922. The van der Waals surface area contributed by atoms with Crippen LogP contribution in [0.5, 0.6) is 0 Å². The largest absolute Gasteiger partial charge is 0.449 e. The van der Waals surface area contributed by atoms with Crippen molar-refractivity contribution in [2.75, 3.05) is 5.32 Å². The van der Waals surface area contributed by atoms with Gasteiger partial charge in [-0.05, 0) is 62.7 Å². The number of hydrogen-bond donors (Lipinski definition) is 1. The second-order valence-electron chi connectivity index (χ2n) is 6.35. The molecule has 3 rings (SSSR count). The van der Waals surface area contributed by atoms with Gasteiger partial charge in [-0.1, -0.05) is 17.7 Å². The van der Waals surface area contributed by atoms with Crippen LogP contribution in [0.2, 0.25) is 0 Å². The fourth-order valence-corrected chi connectivity index (χ4v) is 2.64. The fraction of sp³-hybridized carbons (Fsp3) is 0.190. The molecule has 27 heavy (non-hydrogen) atoms. The van der Waals surface area contributed by atoms with Crippen molar-refractivity contribution < 1.29 is 14.3 Å². The quantitative estimate of drug-likeness (QED) is 0.702. The Morgan fingerprint density at radius 2 is 1.85 bits per heavy atom. The van der Waals surface area contributed by atoms with Crippen LogP contribution in [0.1, 0.15) is 28.4 Å². The van der Waals surface area contributed by atoms with Gasteiger partial charge in [0, 0.05) is 18.1 Å². The SMILES string of the molecule is Cc1ccc(NC(=O)[C@H](C)OC(=O)c2ccc(-n3cccn3)cc2)c(C)c1. The van der Waals surface area contributed by atoms with Gasteiger partial charge in [0.1, 0.15) is 0 Å². The van der Waals surface area contributed by atoms with Crippen LogP contribution in [0.4, 0.5) is 5.69 Å². The second-order valence-corrected chi connectivity index (χ2v) is 6.35. The first kappa shape index (κ1) is 18.4. The number of anilines is 1. The number of carbonyl (C=O) groups excluding carboxylic acids is 2. The lowest BCUT2D eigenvalue weighted by Crippen LogP contribution is -2.30. The van der Waals surface area contributed by atoms with Crippen molar-refractivity contribution in [1.82, 2.24) is 9.78 Å². The van der Waals surface area contributed by atoms with Crippen molar-refractivity contribution in [3.05, 3.63) is 77.6 Å². The third kappa shape index (κ3) is 4.41. The second kappa shape index (κ2) is 7.86. The normalized spacial score (nSPS) is 11.7. The molecule has 1 amide bonds. The van der Waals surface area contributed by atoms with Gasteiger partial charge in [0.05, 0.1) is 11.3 Å². The van der Waals surface area contributed by atoms with Crippen LogP contribution < -0.4 is 5.32 Å². The van der Waals surface area contributed by atoms with Crippen molar-refractivity contribution in [2.45, 2.75) is 26.9 Å². The van der Waals surface area contributed by atoms with Crippen LogP contribution in [-0.4, -0.2) is 27.8 Å². The van der Waals surface area contributed by atoms with Crippen LogP contribution in [0, 0.1) is 13.8 Å². The first-order chi connectivity index (χ1) is 12.9. The Bertz CT molecular complexity index is 947. The molecule has 3 aromatic rings. The number of ether oxygens (including phenoxy) is 1. The average molecular weight is 363 g/mol. The summed E-state index contributed by atoms with van der Waals surface area (Å²) in [6.07, 6.45) is 2.58. The van der Waals surface area contributed by atoms with Crippen LogP contribution >= 0.6 is 0 Å². The van der Waals surface area contributed by atoms with Gasteiger partial charge in [-0.3, -0.25) is 4.79 Å². The molecule has 1 heterocycles. The number of aryl methyl sites for hydroxylation is 2. The van der Waals surface area contributed by atoms with E-state index in [9.17, 15) is 9.59 Å². The number of rotatable bonds is 5. The Kier molecular flexibility index (Phi) is 5.35. The highest BCUT2D eigenvalue weighted by atomic mass is 16.5. The molecule has 0 saturated carbocycles. The average Bonchev–Trinajstić information content (AvgIpc) is 3.18. The first-order valence-electron chi connectivity index (χ1n) is 8.63. The molecule has 6 nitrogen and oxygen atoms in total. The maximum absolute atomic E-state index is 12.3. The Hall–Kier alpha value is -3.41. The van der Waals surface area contributed by atoms with Gasteiger partial charge in [0.2, 0.25) is 0 Å². The molecule has 0 spiro atoms. The van der Waals surface area contributed by atoms with Gasteiger partial charge in [0.15, 0.2) is 6.10 Å². The van der Waals surface area contributed by atoms with Crippen molar-refractivity contribution >= 4 is 17.6 Å². The van der Waals surface area contributed by atoms with Crippen LogP contribution in [0.25, 0.3) is 5.69 Å². The predicted octanol–water partition coefficient (Wildman–Crippen LogP) is 3.67. The van der Waals surface area contributed by atoms with Crippen molar-refractivity contribution in [3.8, 4) is 5.69 Å². The highest BCUT2D eigenvalue weighted by molar-refractivity contribution is 5.97. The molecule has 0 saturated heterocycles. The summed E-state index contributed by atoms with van der Waals surface area (Å²) in [4.78, 5) is 24.6. The number of carbonyl (C=O) groups is 2. The highest BCUT2D eigenvalue weighted by Gasteiger charge is 2.19. The summed E-state index contributed by atoms with van der Waals surface area (Å²) in [5.41, 5.74) is 3.98. The van der Waals surface area contributed by atoms with Gasteiger partial charge in [-0.15, -0.1) is 0 Å². The Morgan fingerprint density at radius 1 is 1.11 bits per heavy atom. The van der Waals surface area contributed by atoms with Gasteiger partial charge < -0.3 is 10.1 Å². The van der Waals surface area contributed by atoms with E-state index in [1.807, 2.05) is 44.3 Å². The van der Waals surface area contributed by atoms with Crippen LogP contribution in [0.3, 0.4) is 0 Å². The summed E-state index contributed by atoms with van der Waals surface area (Å²) in [6.45, 7) is 5.45. The van der Waals surface area contributed by atoms with Crippen LogP contribution in [0.15, 0.2) is 60.9 Å². The third-order valence-corrected chi connectivity index (χ3v) is 4.16. The fourth-order valence-electron chi connectivity index (χ4n) is 2.64. The molecule has 138 valence electrons. The van der Waals surface area contributed by atoms with Gasteiger partial charge in [-0.25, -0.2) is 9.48 Å². The minimum Gasteiger partial charge on any atom is -0.449 e. The number of aromatic nitrogens is 2. The molecule has 1 N–H and O–H groups in total. The molecule has 0 aliphatic carbocycles. The zero-order valence-corrected chi connectivity index (χ0v) is 15.5. The Labute approximate surface area is 157 Å². The number of nitrogens with zero attached hydrogens (tertiary/aromatic N) is 2. The molecule has 1 atom stereocenters. The van der Waals surface area contributed by atoms with E-state index in [1.165, 1.54) is 0 Å². The van der Waals surface area contributed by atoms with E-state index in [0.29, 0.717) is 11.3 Å². The molecule has 0 unspecified atom stereocenters. The molecule has 0 bridgehead atoms. The topological polar surface area (TPSA) is 73.2 Å². The Morgan fingerprint density at radius 3 is 2.48 bits per heavy atom. The molecular formula is C21H21N3O3. The number of amides is 1. The third-order valence-electron chi connectivity index (χ3n) is 4.16. The molecular weight excluding hydrogens is 342 g/mol. The van der Waals surface area contributed by atoms with Crippen molar-refractivity contribution in [1.29, 1.82) is 0 Å². The van der Waals surface area contributed by atoms with E-state index in [-0.39, 0.29) is 5.91 Å². The van der Waals surface area contributed by atoms with E-state index < -0.39 is 12.1 Å².